The lowest BCUT2D eigenvalue weighted by Gasteiger charge is -2.15. The molecule has 7 heteroatoms. The number of pyridine rings is 1. The number of benzene rings is 3. The number of hydrogen-bond donors (Lipinski definition) is 0. The molecule has 0 radical (unpaired) electrons. The molecule has 1 aromatic heterocycles. The SMILES string of the molecule is COc1ccc(C(=O)c2cn(Cc3cccc(OC)c3)c3cc4c(cc3c2=O)OCO4)cc1. The molecule has 33 heavy (non-hydrogen) atoms. The second-order valence-electron chi connectivity index (χ2n) is 7.63. The Morgan fingerprint density at radius 1 is 0.939 bits per heavy atom. The molecule has 7 nitrogen and oxygen atoms in total. The lowest BCUT2D eigenvalue weighted by molar-refractivity contribution is 0.103. The van der Waals surface area contributed by atoms with Crippen LogP contribution in [0.25, 0.3) is 10.9 Å². The zero-order chi connectivity index (χ0) is 22.9. The summed E-state index contributed by atoms with van der Waals surface area (Å²) in [6.07, 6.45) is 1.61. The van der Waals surface area contributed by atoms with E-state index in [0.717, 1.165) is 11.3 Å². The van der Waals surface area contributed by atoms with Gasteiger partial charge in [0.05, 0.1) is 30.7 Å². The van der Waals surface area contributed by atoms with E-state index in [2.05, 4.69) is 0 Å². The molecule has 0 saturated heterocycles. The van der Waals surface area contributed by atoms with Crippen molar-refractivity contribution >= 4 is 16.7 Å². The Balaban J connectivity index is 1.67. The van der Waals surface area contributed by atoms with Gasteiger partial charge in [-0.2, -0.15) is 0 Å². The largest absolute Gasteiger partial charge is 0.497 e. The number of nitrogens with zero attached hydrogens (tertiary/aromatic N) is 1. The fraction of sp³-hybridized carbons (Fsp3) is 0.154. The molecule has 0 spiro atoms. The van der Waals surface area contributed by atoms with E-state index in [0.29, 0.717) is 40.3 Å². The minimum absolute atomic E-state index is 0.0782. The minimum atomic E-state index is -0.360. The van der Waals surface area contributed by atoms with Crippen LogP contribution in [0, 0.1) is 0 Å². The molecule has 0 aliphatic carbocycles. The molecule has 0 amide bonds. The molecule has 4 aromatic rings. The van der Waals surface area contributed by atoms with Crippen molar-refractivity contribution in [1.82, 2.24) is 4.57 Å². The Bertz CT molecular complexity index is 1420. The van der Waals surface area contributed by atoms with Gasteiger partial charge in [-0.3, -0.25) is 9.59 Å². The number of carbonyl (C=O) groups excluding carboxylic acids is 1. The second-order valence-corrected chi connectivity index (χ2v) is 7.63. The van der Waals surface area contributed by atoms with Gasteiger partial charge in [0.25, 0.3) is 0 Å². The topological polar surface area (TPSA) is 76.0 Å². The average molecular weight is 443 g/mol. The number of carbonyl (C=O) groups is 1. The monoisotopic (exact) mass is 443 g/mol. The van der Waals surface area contributed by atoms with Gasteiger partial charge in [0.2, 0.25) is 12.2 Å². The van der Waals surface area contributed by atoms with Gasteiger partial charge in [0.15, 0.2) is 17.3 Å². The van der Waals surface area contributed by atoms with Gasteiger partial charge in [0.1, 0.15) is 11.5 Å². The van der Waals surface area contributed by atoms with Crippen LogP contribution < -0.4 is 24.4 Å². The van der Waals surface area contributed by atoms with E-state index in [9.17, 15) is 9.59 Å². The zero-order valence-corrected chi connectivity index (χ0v) is 18.2. The first-order valence-electron chi connectivity index (χ1n) is 10.4. The zero-order valence-electron chi connectivity index (χ0n) is 18.2. The molecular formula is C26H21NO6. The Hall–Kier alpha value is -4.26. The van der Waals surface area contributed by atoms with Gasteiger partial charge in [-0.05, 0) is 48.0 Å². The molecule has 0 unspecified atom stereocenters. The van der Waals surface area contributed by atoms with Crippen molar-refractivity contribution in [1.29, 1.82) is 0 Å². The van der Waals surface area contributed by atoms with Gasteiger partial charge < -0.3 is 23.5 Å². The van der Waals surface area contributed by atoms with Crippen molar-refractivity contribution < 1.29 is 23.7 Å². The van der Waals surface area contributed by atoms with Gasteiger partial charge in [-0.25, -0.2) is 0 Å². The van der Waals surface area contributed by atoms with Crippen LogP contribution in [0.5, 0.6) is 23.0 Å². The quantitative estimate of drug-likeness (QED) is 0.419. The average Bonchev–Trinajstić information content (AvgIpc) is 3.32. The van der Waals surface area contributed by atoms with Crippen LogP contribution in [0.1, 0.15) is 21.5 Å². The Labute approximate surface area is 189 Å². The van der Waals surface area contributed by atoms with Gasteiger partial charge in [-0.15, -0.1) is 0 Å². The van der Waals surface area contributed by atoms with E-state index in [1.807, 2.05) is 28.8 Å². The first-order chi connectivity index (χ1) is 16.1. The summed E-state index contributed by atoms with van der Waals surface area (Å²) in [6, 6.07) is 17.8. The maximum atomic E-state index is 13.4. The third-order valence-corrected chi connectivity index (χ3v) is 5.66. The maximum absolute atomic E-state index is 13.4. The highest BCUT2D eigenvalue weighted by Crippen LogP contribution is 2.35. The van der Waals surface area contributed by atoms with Crippen LogP contribution in [0.2, 0.25) is 0 Å². The van der Waals surface area contributed by atoms with Crippen LogP contribution in [-0.4, -0.2) is 31.4 Å². The normalized spacial score (nSPS) is 12.1. The minimum Gasteiger partial charge on any atom is -0.497 e. The summed E-state index contributed by atoms with van der Waals surface area (Å²) in [4.78, 5) is 26.7. The van der Waals surface area contributed by atoms with Gasteiger partial charge >= 0.3 is 0 Å². The highest BCUT2D eigenvalue weighted by molar-refractivity contribution is 6.10. The van der Waals surface area contributed by atoms with Crippen molar-refractivity contribution in [3.63, 3.8) is 0 Å². The number of methoxy groups -OCH3 is 2. The number of ether oxygens (including phenoxy) is 4. The van der Waals surface area contributed by atoms with E-state index in [1.165, 1.54) is 0 Å². The van der Waals surface area contributed by atoms with Crippen molar-refractivity contribution in [3.05, 3.63) is 93.8 Å². The van der Waals surface area contributed by atoms with E-state index in [4.69, 9.17) is 18.9 Å². The van der Waals surface area contributed by atoms with Crippen LogP contribution in [-0.2, 0) is 6.54 Å². The fourth-order valence-electron chi connectivity index (χ4n) is 3.94. The number of ketones is 1. The number of rotatable bonds is 6. The molecule has 5 rings (SSSR count). The van der Waals surface area contributed by atoms with Gasteiger partial charge in [0, 0.05) is 24.4 Å². The number of aromatic nitrogens is 1. The molecule has 0 saturated carbocycles. The first-order valence-corrected chi connectivity index (χ1v) is 10.4. The molecule has 166 valence electrons. The molecule has 0 N–H and O–H groups in total. The fourth-order valence-corrected chi connectivity index (χ4v) is 3.94. The van der Waals surface area contributed by atoms with E-state index < -0.39 is 0 Å². The van der Waals surface area contributed by atoms with Crippen molar-refractivity contribution in [3.8, 4) is 23.0 Å². The first kappa shape index (κ1) is 20.6. The van der Waals surface area contributed by atoms with Crippen LogP contribution in [0.4, 0.5) is 0 Å². The Morgan fingerprint density at radius 3 is 2.39 bits per heavy atom. The van der Waals surface area contributed by atoms with E-state index in [-0.39, 0.29) is 23.6 Å². The van der Waals surface area contributed by atoms with Crippen LogP contribution in [0.3, 0.4) is 0 Å². The molecular weight excluding hydrogens is 422 g/mol. The third-order valence-electron chi connectivity index (χ3n) is 5.66. The molecule has 1 aliphatic rings. The summed E-state index contributed by atoms with van der Waals surface area (Å²) in [7, 11) is 3.17. The molecule has 2 heterocycles. The molecule has 0 bridgehead atoms. The van der Waals surface area contributed by atoms with Gasteiger partial charge in [-0.1, -0.05) is 12.1 Å². The summed E-state index contributed by atoms with van der Waals surface area (Å²) in [5.74, 6) is 2.05. The lowest BCUT2D eigenvalue weighted by Crippen LogP contribution is -2.20. The Morgan fingerprint density at radius 2 is 1.67 bits per heavy atom. The predicted octanol–water partition coefficient (Wildman–Crippen LogP) is 4.03. The van der Waals surface area contributed by atoms with E-state index >= 15 is 0 Å². The second kappa shape index (κ2) is 8.35. The highest BCUT2D eigenvalue weighted by Gasteiger charge is 2.22. The van der Waals surface area contributed by atoms with Crippen LogP contribution in [0.15, 0.2) is 71.7 Å². The summed E-state index contributed by atoms with van der Waals surface area (Å²) >= 11 is 0. The standard InChI is InChI=1S/C26H21NO6/c1-30-18-8-6-17(7-9-18)25(28)21-14-27(13-16-4-3-5-19(10-16)31-2)22-12-24-23(32-15-33-24)11-20(22)26(21)29/h3-12,14H,13,15H2,1-2H3. The smallest absolute Gasteiger partial charge is 0.231 e. The van der Waals surface area contributed by atoms with Crippen LogP contribution >= 0.6 is 0 Å². The summed E-state index contributed by atoms with van der Waals surface area (Å²) in [6.45, 7) is 0.518. The summed E-state index contributed by atoms with van der Waals surface area (Å²) < 4.78 is 23.4. The van der Waals surface area contributed by atoms with E-state index in [1.54, 1.807) is 56.8 Å². The van der Waals surface area contributed by atoms with Crippen molar-refractivity contribution in [2.75, 3.05) is 21.0 Å². The molecule has 0 atom stereocenters. The number of hydrogen-bond acceptors (Lipinski definition) is 6. The lowest BCUT2D eigenvalue weighted by atomic mass is 10.0. The molecule has 3 aromatic carbocycles. The molecule has 1 aliphatic heterocycles. The maximum Gasteiger partial charge on any atom is 0.231 e. The predicted molar refractivity (Wildman–Crippen MR) is 123 cm³/mol. The van der Waals surface area contributed by atoms with Crippen molar-refractivity contribution in [2.24, 2.45) is 0 Å². The Kier molecular flexibility index (Phi) is 5.22. The third kappa shape index (κ3) is 3.78. The highest BCUT2D eigenvalue weighted by atomic mass is 16.7. The molecule has 0 fully saturated rings. The summed E-state index contributed by atoms with van der Waals surface area (Å²) in [5, 5.41) is 0.390. The summed E-state index contributed by atoms with van der Waals surface area (Å²) in [5.41, 5.74) is 1.74. The van der Waals surface area contributed by atoms with Crippen molar-refractivity contribution in [2.45, 2.75) is 6.54 Å². The number of fused-ring (bicyclic) bond motifs is 2.